The zero-order valence-corrected chi connectivity index (χ0v) is 16.1. The van der Waals surface area contributed by atoms with Gasteiger partial charge in [0.15, 0.2) is 11.5 Å². The van der Waals surface area contributed by atoms with Gasteiger partial charge in [0.05, 0.1) is 0 Å². The van der Waals surface area contributed by atoms with Crippen molar-refractivity contribution in [3.8, 4) is 17.1 Å². The summed E-state index contributed by atoms with van der Waals surface area (Å²) in [6.45, 7) is 0.377. The van der Waals surface area contributed by atoms with Gasteiger partial charge in [-0.15, -0.1) is 0 Å². The minimum atomic E-state index is -0.358. The van der Waals surface area contributed by atoms with E-state index in [-0.39, 0.29) is 11.6 Å². The minimum absolute atomic E-state index is 0.203. The lowest BCUT2D eigenvalue weighted by molar-refractivity contribution is 0.101. The van der Waals surface area contributed by atoms with Crippen LogP contribution < -0.4 is 10.1 Å². The molecule has 0 fully saturated rings. The van der Waals surface area contributed by atoms with E-state index in [4.69, 9.17) is 20.9 Å². The lowest BCUT2D eigenvalue weighted by atomic mass is 10.1. The van der Waals surface area contributed by atoms with Crippen LogP contribution in [0.15, 0.2) is 89.5 Å². The lowest BCUT2D eigenvalue weighted by Gasteiger charge is -2.09. The Balaban J connectivity index is 1.41. The zero-order valence-electron chi connectivity index (χ0n) is 15.3. The molecule has 0 aliphatic carbocycles. The van der Waals surface area contributed by atoms with Gasteiger partial charge in [-0.2, -0.15) is 0 Å². The Morgan fingerprint density at radius 2 is 1.79 bits per heavy atom. The fraction of sp³-hybridized carbons (Fsp3) is 0.0435. The predicted octanol–water partition coefficient (Wildman–Crippen LogP) is 5.83. The maximum atomic E-state index is 12.5. The van der Waals surface area contributed by atoms with Crippen molar-refractivity contribution in [3.05, 3.63) is 101 Å². The number of hydrogen-bond acceptors (Lipinski definition) is 4. The normalized spacial score (nSPS) is 10.5. The molecular formula is C23H17ClN2O3. The second-order valence-corrected chi connectivity index (χ2v) is 6.78. The molecule has 4 aromatic rings. The van der Waals surface area contributed by atoms with Crippen LogP contribution in [0.1, 0.15) is 16.1 Å². The first-order chi connectivity index (χ1) is 14.2. The molecule has 1 aromatic heterocycles. The van der Waals surface area contributed by atoms with Crippen molar-refractivity contribution in [1.82, 2.24) is 5.16 Å². The molecule has 6 heteroatoms. The quantitative estimate of drug-likeness (QED) is 0.439. The number of carbonyl (C=O) groups excluding carboxylic acids is 1. The first-order valence-corrected chi connectivity index (χ1v) is 9.36. The van der Waals surface area contributed by atoms with E-state index >= 15 is 0 Å². The van der Waals surface area contributed by atoms with E-state index in [1.807, 2.05) is 60.7 Å². The van der Waals surface area contributed by atoms with Gasteiger partial charge in [-0.3, -0.25) is 4.79 Å². The summed E-state index contributed by atoms with van der Waals surface area (Å²) in [6.07, 6.45) is 0. The standard InChI is InChI=1S/C23H17ClN2O3/c24-18-9-4-6-16(12-18)15-28-20-11-5-10-19(13-20)25-23(27)21-14-22(29-26-21)17-7-2-1-3-8-17/h1-14H,15H2,(H,25,27). The van der Waals surface area contributed by atoms with Crippen LogP contribution in [-0.4, -0.2) is 11.1 Å². The Bertz CT molecular complexity index is 1130. The van der Waals surface area contributed by atoms with Crippen molar-refractivity contribution in [1.29, 1.82) is 0 Å². The van der Waals surface area contributed by atoms with Crippen molar-refractivity contribution in [2.24, 2.45) is 0 Å². The molecule has 1 amide bonds. The molecule has 0 saturated carbocycles. The first-order valence-electron chi connectivity index (χ1n) is 8.98. The molecule has 144 valence electrons. The van der Waals surface area contributed by atoms with Crippen LogP contribution in [0, 0.1) is 0 Å². The second-order valence-electron chi connectivity index (χ2n) is 6.34. The Hall–Kier alpha value is -3.57. The molecule has 0 bridgehead atoms. The van der Waals surface area contributed by atoms with Crippen molar-refractivity contribution < 1.29 is 14.1 Å². The van der Waals surface area contributed by atoms with Gasteiger partial charge in [-0.25, -0.2) is 0 Å². The van der Waals surface area contributed by atoms with Gasteiger partial charge < -0.3 is 14.6 Å². The third-order valence-corrected chi connectivity index (χ3v) is 4.42. The number of benzene rings is 3. The number of nitrogens with one attached hydrogen (secondary N) is 1. The van der Waals surface area contributed by atoms with Gasteiger partial charge in [-0.05, 0) is 29.8 Å². The SMILES string of the molecule is O=C(Nc1cccc(OCc2cccc(Cl)c2)c1)c1cc(-c2ccccc2)on1. The van der Waals surface area contributed by atoms with Crippen LogP contribution in [0.25, 0.3) is 11.3 Å². The van der Waals surface area contributed by atoms with E-state index in [0.29, 0.717) is 28.8 Å². The van der Waals surface area contributed by atoms with E-state index in [9.17, 15) is 4.79 Å². The maximum absolute atomic E-state index is 12.5. The van der Waals surface area contributed by atoms with Gasteiger partial charge in [0.1, 0.15) is 12.4 Å². The number of ether oxygens (including phenoxy) is 1. The van der Waals surface area contributed by atoms with Crippen molar-refractivity contribution in [2.45, 2.75) is 6.61 Å². The van der Waals surface area contributed by atoms with Crippen LogP contribution in [-0.2, 0) is 6.61 Å². The summed E-state index contributed by atoms with van der Waals surface area (Å²) in [5.41, 5.74) is 2.62. The highest BCUT2D eigenvalue weighted by Gasteiger charge is 2.14. The molecule has 0 aliphatic rings. The number of anilines is 1. The monoisotopic (exact) mass is 404 g/mol. The molecule has 0 saturated heterocycles. The van der Waals surface area contributed by atoms with Crippen LogP contribution in [0.4, 0.5) is 5.69 Å². The van der Waals surface area contributed by atoms with Gasteiger partial charge in [0.25, 0.3) is 5.91 Å². The van der Waals surface area contributed by atoms with Gasteiger partial charge >= 0.3 is 0 Å². The van der Waals surface area contributed by atoms with Gasteiger partial charge in [-0.1, -0.05) is 65.3 Å². The Labute approximate surface area is 172 Å². The highest BCUT2D eigenvalue weighted by atomic mass is 35.5. The van der Waals surface area contributed by atoms with Crippen LogP contribution in [0.5, 0.6) is 5.75 Å². The van der Waals surface area contributed by atoms with Crippen LogP contribution in [0.3, 0.4) is 0 Å². The first kappa shape index (κ1) is 18.8. The number of rotatable bonds is 6. The van der Waals surface area contributed by atoms with E-state index in [2.05, 4.69) is 10.5 Å². The summed E-state index contributed by atoms with van der Waals surface area (Å²) < 4.78 is 11.1. The molecule has 5 nitrogen and oxygen atoms in total. The van der Waals surface area contributed by atoms with E-state index in [1.54, 1.807) is 24.3 Å². The summed E-state index contributed by atoms with van der Waals surface area (Å²) >= 11 is 5.99. The number of amides is 1. The highest BCUT2D eigenvalue weighted by molar-refractivity contribution is 6.30. The smallest absolute Gasteiger partial charge is 0.277 e. The molecule has 0 atom stereocenters. The Morgan fingerprint density at radius 1 is 0.966 bits per heavy atom. The lowest BCUT2D eigenvalue weighted by Crippen LogP contribution is -2.12. The van der Waals surface area contributed by atoms with E-state index in [0.717, 1.165) is 11.1 Å². The summed E-state index contributed by atoms with van der Waals surface area (Å²) in [5, 5.41) is 7.33. The van der Waals surface area contributed by atoms with Crippen molar-refractivity contribution in [2.75, 3.05) is 5.32 Å². The summed E-state index contributed by atoms with van der Waals surface area (Å²) in [7, 11) is 0. The highest BCUT2D eigenvalue weighted by Crippen LogP contribution is 2.22. The Kier molecular flexibility index (Phi) is 5.59. The largest absolute Gasteiger partial charge is 0.489 e. The number of nitrogens with zero attached hydrogens (tertiary/aromatic N) is 1. The van der Waals surface area contributed by atoms with Crippen LogP contribution >= 0.6 is 11.6 Å². The third-order valence-electron chi connectivity index (χ3n) is 4.19. The fourth-order valence-electron chi connectivity index (χ4n) is 2.77. The van der Waals surface area contributed by atoms with Crippen LogP contribution in [0.2, 0.25) is 5.02 Å². The minimum Gasteiger partial charge on any atom is -0.489 e. The second kappa shape index (κ2) is 8.63. The Morgan fingerprint density at radius 3 is 2.62 bits per heavy atom. The van der Waals surface area contributed by atoms with E-state index in [1.165, 1.54) is 0 Å². The average Bonchev–Trinajstić information content (AvgIpc) is 3.24. The molecule has 0 radical (unpaired) electrons. The molecule has 0 spiro atoms. The molecule has 1 N–H and O–H groups in total. The molecular weight excluding hydrogens is 388 g/mol. The average molecular weight is 405 g/mol. The summed E-state index contributed by atoms with van der Waals surface area (Å²) in [4.78, 5) is 12.5. The predicted molar refractivity (Wildman–Crippen MR) is 112 cm³/mol. The molecule has 3 aromatic carbocycles. The fourth-order valence-corrected chi connectivity index (χ4v) is 2.99. The summed E-state index contributed by atoms with van der Waals surface area (Å²) in [5.74, 6) is 0.810. The third kappa shape index (κ3) is 4.83. The zero-order chi connectivity index (χ0) is 20.1. The molecule has 29 heavy (non-hydrogen) atoms. The number of halogens is 1. The summed E-state index contributed by atoms with van der Waals surface area (Å²) in [6, 6.07) is 25.7. The van der Waals surface area contributed by atoms with Gasteiger partial charge in [0.2, 0.25) is 0 Å². The van der Waals surface area contributed by atoms with Crippen molar-refractivity contribution >= 4 is 23.2 Å². The van der Waals surface area contributed by atoms with Crippen molar-refractivity contribution in [3.63, 3.8) is 0 Å². The molecule has 4 rings (SSSR count). The topological polar surface area (TPSA) is 64.4 Å². The molecule has 0 aliphatic heterocycles. The molecule has 0 unspecified atom stereocenters. The maximum Gasteiger partial charge on any atom is 0.277 e. The number of carbonyl (C=O) groups is 1. The van der Waals surface area contributed by atoms with E-state index < -0.39 is 0 Å². The number of hydrogen-bond donors (Lipinski definition) is 1. The number of aromatic nitrogens is 1. The molecule has 1 heterocycles. The van der Waals surface area contributed by atoms with Gasteiger partial charge in [0, 0.05) is 28.4 Å².